The van der Waals surface area contributed by atoms with E-state index >= 15 is 0 Å². The molecule has 0 amide bonds. The fourth-order valence-electron chi connectivity index (χ4n) is 0.0837. The molecule has 0 rings (SSSR count). The van der Waals surface area contributed by atoms with Gasteiger partial charge in [-0.1, -0.05) is 5.92 Å². The van der Waals surface area contributed by atoms with Crippen molar-refractivity contribution in [1.82, 2.24) is 0 Å². The van der Waals surface area contributed by atoms with Crippen LogP contribution in [0, 0.1) is 24.4 Å². The van der Waals surface area contributed by atoms with E-state index in [0.717, 1.165) is 0 Å². The second-order valence-corrected chi connectivity index (χ2v) is 0.642. The van der Waals surface area contributed by atoms with Crippen molar-refractivity contribution in [2.45, 2.75) is 6.42 Å². The molecule has 0 aliphatic carbocycles. The van der Waals surface area contributed by atoms with Crippen LogP contribution in [-0.4, -0.2) is 5.11 Å². The van der Waals surface area contributed by atoms with Crippen LogP contribution in [0.3, 0.4) is 0 Å². The Kier molecular flexibility index (Phi) is 3.21. The second-order valence-electron chi connectivity index (χ2n) is 0.642. The summed E-state index contributed by atoms with van der Waals surface area (Å²) in [4.78, 5) is 0. The Hall–Kier alpha value is -1.08. The van der Waals surface area contributed by atoms with Gasteiger partial charge in [0.25, 0.3) is 0 Å². The molecule has 0 bridgehead atoms. The van der Waals surface area contributed by atoms with Crippen molar-refractivity contribution in [3.63, 3.8) is 0 Å². The van der Waals surface area contributed by atoms with Gasteiger partial charge in [-0.05, 0) is 12.3 Å². The minimum absolute atomic E-state index is 0.219. The third kappa shape index (κ3) is 2.92. The number of hydrogen-bond donors (Lipinski definition) is 1. The maximum absolute atomic E-state index is 7.71. The van der Waals surface area contributed by atoms with E-state index in [4.69, 9.17) is 11.5 Å². The van der Waals surface area contributed by atoms with Crippen LogP contribution in [0.15, 0.2) is 0 Å². The predicted octanol–water partition coefficient (Wildman–Crippen LogP) is 0.300. The van der Waals surface area contributed by atoms with E-state index in [1.807, 2.05) is 5.92 Å². The first-order valence-electron chi connectivity index (χ1n) is 1.43. The number of aliphatic hydroxyl groups excluding tert-OH is 1. The SMILES string of the molecule is [C]#CCC#CO. The van der Waals surface area contributed by atoms with Crippen molar-refractivity contribution in [3.05, 3.63) is 6.42 Å². The summed E-state index contributed by atoms with van der Waals surface area (Å²) in [6.07, 6.45) is 8.10. The lowest BCUT2D eigenvalue weighted by Gasteiger charge is -1.58. The van der Waals surface area contributed by atoms with E-state index in [-0.39, 0.29) is 6.42 Å². The van der Waals surface area contributed by atoms with Crippen LogP contribution in [0.25, 0.3) is 0 Å². The molecule has 1 radical (unpaired) electrons. The van der Waals surface area contributed by atoms with E-state index in [1.54, 1.807) is 6.11 Å². The van der Waals surface area contributed by atoms with Gasteiger partial charge in [0, 0.05) is 0 Å². The van der Waals surface area contributed by atoms with Crippen molar-refractivity contribution in [2.75, 3.05) is 0 Å². The number of aliphatic hydroxyl groups is 1. The molecule has 0 aromatic heterocycles. The molecule has 0 aromatic carbocycles. The zero-order valence-electron chi connectivity index (χ0n) is 3.15. The molecule has 0 unspecified atom stereocenters. The fourth-order valence-corrected chi connectivity index (χ4v) is 0.0837. The Balaban J connectivity index is 3.07. The zero-order chi connectivity index (χ0) is 4.83. The predicted molar refractivity (Wildman–Crippen MR) is 21.5 cm³/mol. The Bertz CT molecular complexity index is 108. The highest BCUT2D eigenvalue weighted by molar-refractivity contribution is 4.99. The van der Waals surface area contributed by atoms with Gasteiger partial charge in [0.15, 0.2) is 0 Å². The van der Waals surface area contributed by atoms with Gasteiger partial charge >= 0.3 is 0 Å². The molecule has 29 valence electrons. The van der Waals surface area contributed by atoms with Gasteiger partial charge in [-0.25, -0.2) is 0 Å². The molecule has 0 saturated carbocycles. The average molecular weight is 79.1 g/mol. The van der Waals surface area contributed by atoms with Crippen LogP contribution in [0.1, 0.15) is 6.42 Å². The van der Waals surface area contributed by atoms with E-state index in [1.165, 1.54) is 0 Å². The first-order valence-corrected chi connectivity index (χ1v) is 1.43. The first kappa shape index (κ1) is 4.92. The summed E-state index contributed by atoms with van der Waals surface area (Å²) in [6.45, 7) is 0. The van der Waals surface area contributed by atoms with Gasteiger partial charge in [0.1, 0.15) is 6.11 Å². The molecule has 0 saturated heterocycles. The van der Waals surface area contributed by atoms with Gasteiger partial charge < -0.3 is 5.11 Å². The van der Waals surface area contributed by atoms with Gasteiger partial charge in [0.05, 0.1) is 6.42 Å². The molecule has 0 aliphatic rings. The van der Waals surface area contributed by atoms with Crippen LogP contribution in [0.2, 0.25) is 0 Å². The molecule has 0 heterocycles. The van der Waals surface area contributed by atoms with Crippen molar-refractivity contribution in [1.29, 1.82) is 0 Å². The Morgan fingerprint density at radius 3 is 2.50 bits per heavy atom. The Morgan fingerprint density at radius 2 is 2.33 bits per heavy atom. The van der Waals surface area contributed by atoms with E-state index in [0.29, 0.717) is 0 Å². The van der Waals surface area contributed by atoms with Gasteiger partial charge in [-0.3, -0.25) is 0 Å². The Labute approximate surface area is 37.0 Å². The summed E-state index contributed by atoms with van der Waals surface area (Å²) in [5, 5.41) is 7.71. The molecular weight excluding hydrogens is 76.1 g/mol. The van der Waals surface area contributed by atoms with Crippen LogP contribution in [0.5, 0.6) is 0 Å². The molecule has 6 heavy (non-hydrogen) atoms. The summed E-state index contributed by atoms with van der Waals surface area (Å²) < 4.78 is 0. The summed E-state index contributed by atoms with van der Waals surface area (Å²) in [5.41, 5.74) is 0. The molecule has 0 aliphatic heterocycles. The number of hydrogen-bond acceptors (Lipinski definition) is 1. The van der Waals surface area contributed by atoms with Crippen LogP contribution < -0.4 is 0 Å². The highest BCUT2D eigenvalue weighted by Gasteiger charge is 1.57. The molecule has 1 heteroatoms. The molecule has 0 aromatic rings. The summed E-state index contributed by atoms with van der Waals surface area (Å²) >= 11 is 0. The van der Waals surface area contributed by atoms with Gasteiger partial charge in [0.2, 0.25) is 0 Å². The van der Waals surface area contributed by atoms with Crippen LogP contribution in [-0.2, 0) is 0 Å². The van der Waals surface area contributed by atoms with E-state index in [2.05, 4.69) is 5.92 Å². The van der Waals surface area contributed by atoms with Crippen LogP contribution >= 0.6 is 0 Å². The van der Waals surface area contributed by atoms with Crippen molar-refractivity contribution < 1.29 is 5.11 Å². The third-order valence-electron chi connectivity index (χ3n) is 0.256. The van der Waals surface area contributed by atoms with E-state index in [9.17, 15) is 0 Å². The lowest BCUT2D eigenvalue weighted by molar-refractivity contribution is 0.516. The average Bonchev–Trinajstić information content (AvgIpc) is 1.61. The number of rotatable bonds is 0. The van der Waals surface area contributed by atoms with Gasteiger partial charge in [-0.15, -0.1) is 0 Å². The normalized spacial score (nSPS) is 4.50. The lowest BCUT2D eigenvalue weighted by atomic mass is 10.5. The molecule has 0 spiro atoms. The molecule has 1 N–H and O–H groups in total. The maximum atomic E-state index is 7.71. The van der Waals surface area contributed by atoms with Crippen LogP contribution in [0.4, 0.5) is 0 Å². The molecule has 0 fully saturated rings. The van der Waals surface area contributed by atoms with Crippen molar-refractivity contribution in [2.24, 2.45) is 0 Å². The molecule has 1 nitrogen and oxygen atoms in total. The first-order chi connectivity index (χ1) is 2.91. The minimum Gasteiger partial charge on any atom is -0.462 e. The molecule has 0 atom stereocenters. The molecular formula is C5H3O. The summed E-state index contributed by atoms with van der Waals surface area (Å²) in [5.74, 6) is 4.19. The quantitative estimate of drug-likeness (QED) is 0.414. The largest absolute Gasteiger partial charge is 0.462 e. The minimum atomic E-state index is 0.219. The standard InChI is InChI=1S/C5H3O/c1-2-3-4-5-6/h6H,3H2. The van der Waals surface area contributed by atoms with Crippen molar-refractivity contribution >= 4 is 0 Å². The maximum Gasteiger partial charge on any atom is 0.108 e. The summed E-state index contributed by atoms with van der Waals surface area (Å²) in [6, 6.07) is 0. The second kappa shape index (κ2) is 3.92. The monoisotopic (exact) mass is 79.0 g/mol. The lowest BCUT2D eigenvalue weighted by Crippen LogP contribution is -1.53. The van der Waals surface area contributed by atoms with Crippen molar-refractivity contribution in [3.8, 4) is 17.9 Å². The fraction of sp³-hybridized carbons (Fsp3) is 0.200. The van der Waals surface area contributed by atoms with Gasteiger partial charge in [-0.2, -0.15) is 0 Å². The highest BCUT2D eigenvalue weighted by Crippen LogP contribution is 1.62. The summed E-state index contributed by atoms with van der Waals surface area (Å²) in [7, 11) is 0. The highest BCUT2D eigenvalue weighted by atomic mass is 16.2. The van der Waals surface area contributed by atoms with E-state index < -0.39 is 0 Å². The smallest absolute Gasteiger partial charge is 0.108 e. The zero-order valence-corrected chi connectivity index (χ0v) is 3.15. The third-order valence-corrected chi connectivity index (χ3v) is 0.256. The Morgan fingerprint density at radius 1 is 1.67 bits per heavy atom. The topological polar surface area (TPSA) is 20.2 Å².